The first-order valence-electron chi connectivity index (χ1n) is 5.50. The molecule has 98 valence electrons. The minimum atomic E-state index is -0.648. The molecule has 6 nitrogen and oxygen atoms in total. The van der Waals surface area contributed by atoms with Crippen LogP contribution in [-0.2, 0) is 19.1 Å². The standard InChI is InChI=1S/C11H20N2O4/c1-7(2)10(11(16)17-4)13-9(15)5-6-12-8(3)14/h7,10H,5-6H2,1-4H3,(H,12,14)(H,13,15). The molecule has 0 aliphatic carbocycles. The molecule has 1 atom stereocenters. The van der Waals surface area contributed by atoms with Crippen LogP contribution in [0.25, 0.3) is 0 Å². The Bertz CT molecular complexity index is 289. The third-order valence-corrected chi connectivity index (χ3v) is 2.16. The molecule has 0 saturated carbocycles. The number of ether oxygens (including phenoxy) is 1. The lowest BCUT2D eigenvalue weighted by Crippen LogP contribution is -2.45. The van der Waals surface area contributed by atoms with Crippen LogP contribution in [-0.4, -0.2) is 37.5 Å². The average molecular weight is 244 g/mol. The van der Waals surface area contributed by atoms with E-state index in [9.17, 15) is 14.4 Å². The van der Waals surface area contributed by atoms with Crippen molar-refractivity contribution in [3.63, 3.8) is 0 Å². The van der Waals surface area contributed by atoms with Crippen LogP contribution in [0.15, 0.2) is 0 Å². The van der Waals surface area contributed by atoms with Gasteiger partial charge in [-0.3, -0.25) is 9.59 Å². The second-order valence-corrected chi connectivity index (χ2v) is 4.05. The second kappa shape index (κ2) is 7.65. The normalized spacial score (nSPS) is 11.8. The highest BCUT2D eigenvalue weighted by molar-refractivity contribution is 5.85. The summed E-state index contributed by atoms with van der Waals surface area (Å²) in [5, 5.41) is 5.08. The van der Waals surface area contributed by atoms with Gasteiger partial charge in [0, 0.05) is 19.9 Å². The van der Waals surface area contributed by atoms with Gasteiger partial charge in [-0.1, -0.05) is 13.8 Å². The second-order valence-electron chi connectivity index (χ2n) is 4.05. The maximum absolute atomic E-state index is 11.5. The van der Waals surface area contributed by atoms with E-state index >= 15 is 0 Å². The van der Waals surface area contributed by atoms with E-state index in [0.29, 0.717) is 0 Å². The number of esters is 1. The fourth-order valence-corrected chi connectivity index (χ4v) is 1.22. The zero-order chi connectivity index (χ0) is 13.4. The number of amides is 2. The Balaban J connectivity index is 4.13. The van der Waals surface area contributed by atoms with Crippen molar-refractivity contribution in [3.05, 3.63) is 0 Å². The Morgan fingerprint density at radius 3 is 2.24 bits per heavy atom. The lowest BCUT2D eigenvalue weighted by Gasteiger charge is -2.19. The van der Waals surface area contributed by atoms with Crippen molar-refractivity contribution in [2.24, 2.45) is 5.92 Å². The highest BCUT2D eigenvalue weighted by Crippen LogP contribution is 2.03. The number of hydrogen-bond donors (Lipinski definition) is 2. The Morgan fingerprint density at radius 2 is 1.82 bits per heavy atom. The molecule has 0 aliphatic heterocycles. The van der Waals surface area contributed by atoms with Crippen LogP contribution in [0.2, 0.25) is 0 Å². The predicted octanol–water partition coefficient (Wildman–Crippen LogP) is -0.174. The summed E-state index contributed by atoms with van der Waals surface area (Å²) < 4.78 is 4.59. The highest BCUT2D eigenvalue weighted by Gasteiger charge is 2.24. The Morgan fingerprint density at radius 1 is 1.24 bits per heavy atom. The summed E-state index contributed by atoms with van der Waals surface area (Å²) in [5.74, 6) is -0.992. The van der Waals surface area contributed by atoms with E-state index in [1.54, 1.807) is 0 Å². The van der Waals surface area contributed by atoms with Gasteiger partial charge in [0.25, 0.3) is 0 Å². The van der Waals surface area contributed by atoms with Crippen molar-refractivity contribution in [2.75, 3.05) is 13.7 Å². The summed E-state index contributed by atoms with van der Waals surface area (Å²) in [5.41, 5.74) is 0. The molecule has 0 saturated heterocycles. The molecule has 6 heteroatoms. The van der Waals surface area contributed by atoms with Gasteiger partial charge in [0.2, 0.25) is 11.8 Å². The smallest absolute Gasteiger partial charge is 0.328 e. The number of nitrogens with one attached hydrogen (secondary N) is 2. The van der Waals surface area contributed by atoms with Crippen LogP contribution in [0, 0.1) is 5.92 Å². The van der Waals surface area contributed by atoms with E-state index in [1.807, 2.05) is 13.8 Å². The molecule has 0 aromatic rings. The summed E-state index contributed by atoms with van der Waals surface area (Å²) in [6.07, 6.45) is 0.139. The molecule has 0 rings (SSSR count). The maximum Gasteiger partial charge on any atom is 0.328 e. The molecule has 0 radical (unpaired) electrons. The molecule has 0 fully saturated rings. The lowest BCUT2D eigenvalue weighted by molar-refractivity contribution is -0.146. The molecule has 0 aliphatic rings. The first kappa shape index (κ1) is 15.4. The van der Waals surface area contributed by atoms with E-state index in [4.69, 9.17) is 0 Å². The van der Waals surface area contributed by atoms with Crippen LogP contribution < -0.4 is 10.6 Å². The van der Waals surface area contributed by atoms with E-state index in [-0.39, 0.29) is 30.7 Å². The van der Waals surface area contributed by atoms with Gasteiger partial charge in [-0.2, -0.15) is 0 Å². The van der Waals surface area contributed by atoms with Crippen LogP contribution >= 0.6 is 0 Å². The van der Waals surface area contributed by atoms with Crippen molar-refractivity contribution < 1.29 is 19.1 Å². The molecule has 0 aromatic carbocycles. The zero-order valence-corrected chi connectivity index (χ0v) is 10.7. The molecule has 0 spiro atoms. The quantitative estimate of drug-likeness (QED) is 0.635. The van der Waals surface area contributed by atoms with E-state index < -0.39 is 12.0 Å². The lowest BCUT2D eigenvalue weighted by atomic mass is 10.0. The minimum Gasteiger partial charge on any atom is -0.467 e. The van der Waals surface area contributed by atoms with Crippen molar-refractivity contribution in [1.82, 2.24) is 10.6 Å². The molecular formula is C11H20N2O4. The van der Waals surface area contributed by atoms with Gasteiger partial charge in [-0.05, 0) is 5.92 Å². The van der Waals surface area contributed by atoms with Crippen LogP contribution in [0.3, 0.4) is 0 Å². The topological polar surface area (TPSA) is 84.5 Å². The minimum absolute atomic E-state index is 0.0489. The monoisotopic (exact) mass is 244 g/mol. The van der Waals surface area contributed by atoms with Crippen LogP contribution in [0.1, 0.15) is 27.2 Å². The van der Waals surface area contributed by atoms with Crippen molar-refractivity contribution >= 4 is 17.8 Å². The van der Waals surface area contributed by atoms with E-state index in [2.05, 4.69) is 15.4 Å². The van der Waals surface area contributed by atoms with Gasteiger partial charge >= 0.3 is 5.97 Å². The first-order chi connectivity index (χ1) is 7.88. The summed E-state index contributed by atoms with van der Waals surface area (Å²) in [6, 6.07) is -0.648. The SMILES string of the molecule is COC(=O)C(NC(=O)CCNC(C)=O)C(C)C. The van der Waals surface area contributed by atoms with Crippen molar-refractivity contribution in [1.29, 1.82) is 0 Å². The van der Waals surface area contributed by atoms with Gasteiger partial charge in [-0.15, -0.1) is 0 Å². The zero-order valence-electron chi connectivity index (χ0n) is 10.7. The Kier molecular flexibility index (Phi) is 6.93. The van der Waals surface area contributed by atoms with E-state index in [1.165, 1.54) is 14.0 Å². The Labute approximate surface area is 101 Å². The molecule has 0 heterocycles. The van der Waals surface area contributed by atoms with Gasteiger partial charge < -0.3 is 15.4 Å². The molecular weight excluding hydrogens is 224 g/mol. The molecule has 0 aromatic heterocycles. The van der Waals surface area contributed by atoms with Gasteiger partial charge in [0.1, 0.15) is 6.04 Å². The predicted molar refractivity (Wildman–Crippen MR) is 62.1 cm³/mol. The van der Waals surface area contributed by atoms with Crippen LogP contribution in [0.5, 0.6) is 0 Å². The fraction of sp³-hybridized carbons (Fsp3) is 0.727. The Hall–Kier alpha value is -1.59. The number of carbonyl (C=O) groups is 3. The molecule has 1 unspecified atom stereocenters. The molecule has 0 bridgehead atoms. The van der Waals surface area contributed by atoms with Gasteiger partial charge in [-0.25, -0.2) is 4.79 Å². The fourth-order valence-electron chi connectivity index (χ4n) is 1.22. The summed E-state index contributed by atoms with van der Waals surface area (Å²) >= 11 is 0. The third kappa shape index (κ3) is 6.55. The van der Waals surface area contributed by atoms with E-state index in [0.717, 1.165) is 0 Å². The molecule has 17 heavy (non-hydrogen) atoms. The highest BCUT2D eigenvalue weighted by atomic mass is 16.5. The van der Waals surface area contributed by atoms with Gasteiger partial charge in [0.15, 0.2) is 0 Å². The number of carbonyl (C=O) groups excluding carboxylic acids is 3. The molecule has 2 amide bonds. The van der Waals surface area contributed by atoms with Crippen molar-refractivity contribution in [2.45, 2.75) is 33.2 Å². The summed E-state index contributed by atoms with van der Waals surface area (Å²) in [4.78, 5) is 33.4. The average Bonchev–Trinajstić information content (AvgIpc) is 2.24. The number of rotatable bonds is 6. The van der Waals surface area contributed by atoms with Crippen molar-refractivity contribution in [3.8, 4) is 0 Å². The third-order valence-electron chi connectivity index (χ3n) is 2.16. The maximum atomic E-state index is 11.5. The number of hydrogen-bond acceptors (Lipinski definition) is 4. The number of methoxy groups -OCH3 is 1. The summed E-state index contributed by atoms with van der Waals surface area (Å²) in [7, 11) is 1.28. The summed E-state index contributed by atoms with van der Waals surface area (Å²) in [6.45, 7) is 5.27. The molecule has 2 N–H and O–H groups in total. The largest absolute Gasteiger partial charge is 0.467 e. The van der Waals surface area contributed by atoms with Crippen LogP contribution in [0.4, 0.5) is 0 Å². The first-order valence-corrected chi connectivity index (χ1v) is 5.50. The van der Waals surface area contributed by atoms with Gasteiger partial charge in [0.05, 0.1) is 7.11 Å².